The van der Waals surface area contributed by atoms with Gasteiger partial charge in [0.1, 0.15) is 49.5 Å². The highest BCUT2D eigenvalue weighted by Crippen LogP contribution is 2.41. The lowest BCUT2D eigenvalue weighted by atomic mass is 9.82. The van der Waals surface area contributed by atoms with E-state index in [1.807, 2.05) is 61.7 Å². The third-order valence-corrected chi connectivity index (χ3v) is 11.7. The van der Waals surface area contributed by atoms with Gasteiger partial charge in [-0.05, 0) is 60.1 Å². The van der Waals surface area contributed by atoms with Crippen molar-refractivity contribution in [2.75, 3.05) is 32.8 Å². The molecule has 20 heteroatoms. The number of halogens is 2. The van der Waals surface area contributed by atoms with E-state index in [-0.39, 0.29) is 44.8 Å². The average Bonchev–Trinajstić information content (AvgIpc) is 3.89. The summed E-state index contributed by atoms with van der Waals surface area (Å²) in [6.45, 7) is 8.31. The van der Waals surface area contributed by atoms with Crippen molar-refractivity contribution in [1.82, 2.24) is 41.0 Å². The highest BCUT2D eigenvalue weighted by atomic mass is 19.1. The van der Waals surface area contributed by atoms with Crippen LogP contribution in [0.5, 0.6) is 0 Å². The number of nitrogens with one attached hydrogen (secondary N) is 5. The maximum atomic E-state index is 15.3. The molecule has 1 aliphatic heterocycles. The van der Waals surface area contributed by atoms with Gasteiger partial charge in [0, 0.05) is 61.3 Å². The molecular weight excluding hydrogens is 935 g/mol. The van der Waals surface area contributed by atoms with E-state index in [1.165, 1.54) is 11.8 Å². The number of nitrogens with zero attached hydrogens (tertiary/aromatic N) is 3. The zero-order valence-electron chi connectivity index (χ0n) is 41.1. The van der Waals surface area contributed by atoms with E-state index < -0.39 is 108 Å². The molecule has 3 aromatic carbocycles. The minimum atomic E-state index is -1.42. The van der Waals surface area contributed by atoms with Gasteiger partial charge in [0.2, 0.25) is 29.5 Å². The largest absolute Gasteiger partial charge is 0.445 e. The third-order valence-electron chi connectivity index (χ3n) is 11.7. The molecule has 0 radical (unpaired) electrons. The molecule has 0 saturated carbocycles. The van der Waals surface area contributed by atoms with E-state index in [4.69, 9.17) is 4.74 Å². The van der Waals surface area contributed by atoms with Crippen molar-refractivity contribution in [3.8, 4) is 11.1 Å². The molecule has 384 valence electrons. The quantitative estimate of drug-likeness (QED) is 0.0464. The van der Waals surface area contributed by atoms with Gasteiger partial charge in [0.15, 0.2) is 0 Å². The number of rotatable bonds is 23. The Morgan fingerprint density at radius 1 is 0.764 bits per heavy atom. The summed E-state index contributed by atoms with van der Waals surface area (Å²) in [4.78, 5) is 107. The number of alkyl carbamates (subject to hydrolysis) is 1. The maximum absolute atomic E-state index is 15.3. The van der Waals surface area contributed by atoms with Crippen LogP contribution in [-0.2, 0) is 51.5 Å². The Hall–Kier alpha value is -7.74. The van der Waals surface area contributed by atoms with E-state index in [1.54, 1.807) is 50.4 Å². The summed E-state index contributed by atoms with van der Waals surface area (Å²) in [5, 5.41) is 23.4. The molecule has 0 spiro atoms. The van der Waals surface area contributed by atoms with E-state index in [0.717, 1.165) is 46.4 Å². The first-order chi connectivity index (χ1) is 34.2. The second-order valence-electron chi connectivity index (χ2n) is 18.6. The van der Waals surface area contributed by atoms with Gasteiger partial charge in [-0.1, -0.05) is 95.3 Å². The molecule has 5 rings (SSSR count). The summed E-state index contributed by atoms with van der Waals surface area (Å²) in [7, 11) is 0. The molecule has 0 fully saturated rings. The second-order valence-corrected chi connectivity index (χ2v) is 18.6. The van der Waals surface area contributed by atoms with Crippen molar-refractivity contribution in [2.24, 2.45) is 11.3 Å². The number of aliphatic hydroxyl groups is 1. The van der Waals surface area contributed by atoms with Crippen molar-refractivity contribution >= 4 is 47.4 Å². The summed E-state index contributed by atoms with van der Waals surface area (Å²) in [5.41, 5.74) is 1.50. The van der Waals surface area contributed by atoms with Crippen LogP contribution in [0, 0.1) is 23.0 Å². The van der Waals surface area contributed by atoms with Gasteiger partial charge >= 0.3 is 6.09 Å². The predicted octanol–water partition coefficient (Wildman–Crippen LogP) is 3.88. The summed E-state index contributed by atoms with van der Waals surface area (Å²) in [6.07, 6.45) is 2.58. The molecule has 4 aromatic rings. The van der Waals surface area contributed by atoms with Crippen molar-refractivity contribution in [2.45, 2.75) is 85.3 Å². The molecule has 0 bridgehead atoms. The molecule has 0 aliphatic carbocycles. The van der Waals surface area contributed by atoms with Gasteiger partial charge in [-0.3, -0.25) is 38.5 Å². The van der Waals surface area contributed by atoms with Crippen LogP contribution in [0.4, 0.5) is 13.6 Å². The van der Waals surface area contributed by atoms with Crippen LogP contribution < -0.4 is 26.6 Å². The Kier molecular flexibility index (Phi) is 19.5. The SMILES string of the molecule is CC(C)C(NC(=O)OCc1ccccc1)C(=O)N[C@@H](C)C(=O)N[C@@H](CCN(C(=O)CO)[C@@H](c1cc(-c2cc(F)ccc2F)cn1Cc1ccccc1)C(C)(C)C)C(=O)NCCNC(=O)CN1C(=O)C=CC1=O. The van der Waals surface area contributed by atoms with Crippen LogP contribution in [0.1, 0.15) is 70.8 Å². The van der Waals surface area contributed by atoms with Gasteiger partial charge in [0.25, 0.3) is 11.8 Å². The smallest absolute Gasteiger partial charge is 0.408 e. The van der Waals surface area contributed by atoms with E-state index in [0.29, 0.717) is 11.3 Å². The lowest BCUT2D eigenvalue weighted by molar-refractivity contribution is -0.141. The summed E-state index contributed by atoms with van der Waals surface area (Å²) < 4.78 is 37.0. The van der Waals surface area contributed by atoms with E-state index in [9.17, 15) is 47.9 Å². The highest BCUT2D eigenvalue weighted by Gasteiger charge is 2.38. The van der Waals surface area contributed by atoms with Gasteiger partial charge in [0.05, 0.1) is 6.04 Å². The number of benzene rings is 3. The number of hydrogen-bond donors (Lipinski definition) is 6. The number of hydrogen-bond acceptors (Lipinski definition) is 10. The summed E-state index contributed by atoms with van der Waals surface area (Å²) >= 11 is 0. The molecule has 18 nitrogen and oxygen atoms in total. The van der Waals surface area contributed by atoms with E-state index in [2.05, 4.69) is 26.6 Å². The van der Waals surface area contributed by atoms with E-state index >= 15 is 4.39 Å². The number of amides is 8. The number of carbonyl (C=O) groups excluding carboxylic acids is 8. The Morgan fingerprint density at radius 3 is 2.00 bits per heavy atom. The third kappa shape index (κ3) is 15.4. The fraction of sp³-hybridized carbons (Fsp3) is 0.385. The first kappa shape index (κ1) is 55.2. The van der Waals surface area contributed by atoms with Crippen molar-refractivity contribution < 1.29 is 57.0 Å². The first-order valence-electron chi connectivity index (χ1n) is 23.4. The van der Waals surface area contributed by atoms with Crippen molar-refractivity contribution in [1.29, 1.82) is 0 Å². The minimum Gasteiger partial charge on any atom is -0.445 e. The van der Waals surface area contributed by atoms with Crippen molar-refractivity contribution in [3.63, 3.8) is 0 Å². The predicted molar refractivity (Wildman–Crippen MR) is 261 cm³/mol. The molecule has 1 aliphatic rings. The highest BCUT2D eigenvalue weighted by molar-refractivity contribution is 6.14. The molecule has 1 aromatic heterocycles. The standard InChI is InChI=1S/C52H62F2N8O10/c1-32(2)46(59-51(71)72-31-35-15-11-8-12-16-35)50(70)57-33(3)48(68)58-40(49(69)56-23-22-55-42(64)29-62-43(65)19-20-44(62)66)21-24-61(45(67)30-63)47(52(4,5)6)41-25-36(38-26-37(53)17-18-39(38)54)28-60(41)27-34-13-9-7-10-14-34/h7-20,25-26,28,32-33,40,46-47,63H,21-24,27,29-31H2,1-6H3,(H,55,64)(H,56,69)(H,57,70)(H,58,68)(H,59,71)/t33-,40-,46?,47-/m0/s1. The minimum absolute atomic E-state index is 0.0267. The zero-order chi connectivity index (χ0) is 52.7. The molecule has 4 atom stereocenters. The molecule has 0 saturated heterocycles. The van der Waals surface area contributed by atoms with Gasteiger partial charge < -0.3 is 45.9 Å². The second kappa shape index (κ2) is 25.4. The van der Waals surface area contributed by atoms with Crippen molar-refractivity contribution in [3.05, 3.63) is 132 Å². The molecule has 1 unspecified atom stereocenters. The normalized spacial score (nSPS) is 14.0. The fourth-order valence-corrected chi connectivity index (χ4v) is 8.03. The van der Waals surface area contributed by atoms with Crippen LogP contribution >= 0.6 is 0 Å². The topological polar surface area (TPSA) is 238 Å². The van der Waals surface area contributed by atoms with Crippen LogP contribution in [0.3, 0.4) is 0 Å². The Bertz CT molecular complexity index is 2600. The fourth-order valence-electron chi connectivity index (χ4n) is 8.03. The lowest BCUT2D eigenvalue weighted by Crippen LogP contribution is -2.57. The number of ether oxygens (including phenoxy) is 1. The zero-order valence-corrected chi connectivity index (χ0v) is 41.1. The van der Waals surface area contributed by atoms with Crippen LogP contribution in [0.2, 0.25) is 0 Å². The van der Waals surface area contributed by atoms with Gasteiger partial charge in [-0.2, -0.15) is 0 Å². The molecule has 2 heterocycles. The molecular formula is C52H62F2N8O10. The molecule has 8 amide bonds. The van der Waals surface area contributed by atoms with Gasteiger partial charge in [-0.15, -0.1) is 0 Å². The Morgan fingerprint density at radius 2 is 1.39 bits per heavy atom. The first-order valence-corrected chi connectivity index (χ1v) is 23.4. The molecule has 6 N–H and O–H groups in total. The maximum Gasteiger partial charge on any atom is 0.408 e. The number of aliphatic hydroxyl groups excluding tert-OH is 1. The molecule has 72 heavy (non-hydrogen) atoms. The average molecular weight is 997 g/mol. The van der Waals surface area contributed by atoms with Crippen LogP contribution in [-0.4, -0.2) is 118 Å². The summed E-state index contributed by atoms with van der Waals surface area (Å²) in [5.74, 6) is -6.88. The lowest BCUT2D eigenvalue weighted by Gasteiger charge is -2.41. The van der Waals surface area contributed by atoms with Crippen LogP contribution in [0.25, 0.3) is 11.1 Å². The van der Waals surface area contributed by atoms with Gasteiger partial charge in [-0.25, -0.2) is 13.6 Å². The number of aromatic nitrogens is 1. The number of imide groups is 1. The number of carbonyl (C=O) groups is 8. The Labute approximate surface area is 416 Å². The monoisotopic (exact) mass is 996 g/mol. The van der Waals surface area contributed by atoms with Crippen LogP contribution in [0.15, 0.2) is 103 Å². The Balaban J connectivity index is 1.39. The summed E-state index contributed by atoms with van der Waals surface area (Å²) in [6, 6.07) is 18.2.